The highest BCUT2D eigenvalue weighted by Crippen LogP contribution is 2.21. The molecule has 0 spiro atoms. The van der Waals surface area contributed by atoms with Gasteiger partial charge in [-0.3, -0.25) is 0 Å². The van der Waals surface area contributed by atoms with E-state index in [1.807, 2.05) is 18.2 Å². The summed E-state index contributed by atoms with van der Waals surface area (Å²) in [7, 11) is -3.44. The first-order valence-electron chi connectivity index (χ1n) is 6.17. The molecule has 0 aromatic heterocycles. The molecule has 4 nitrogen and oxygen atoms in total. The number of nitrogens with one attached hydrogen (secondary N) is 1. The number of aliphatic hydroxyl groups is 1. The number of halogens is 1. The molecule has 0 saturated carbocycles. The number of rotatable bonds is 8. The second-order valence-electron chi connectivity index (χ2n) is 4.67. The van der Waals surface area contributed by atoms with Gasteiger partial charge in [-0.1, -0.05) is 30.3 Å². The highest BCUT2D eigenvalue weighted by atomic mass is 35.5. The standard InChI is InChI=1S/C13H20ClNO3S/c1-13(11-16,12-7-3-2-4-8-12)15-19(17,18)10-6-5-9-14/h2-4,7-8,15-16H,5-6,9-11H2,1H3. The second-order valence-corrected chi connectivity index (χ2v) is 6.89. The highest BCUT2D eigenvalue weighted by Gasteiger charge is 2.30. The van der Waals surface area contributed by atoms with Crippen molar-refractivity contribution in [3.8, 4) is 0 Å². The number of sulfonamides is 1. The van der Waals surface area contributed by atoms with E-state index in [4.69, 9.17) is 11.6 Å². The molecule has 19 heavy (non-hydrogen) atoms. The SMILES string of the molecule is CC(CO)(NS(=O)(=O)CCCCCl)c1ccccc1. The molecule has 0 saturated heterocycles. The maximum atomic E-state index is 12.0. The monoisotopic (exact) mass is 305 g/mol. The Morgan fingerprint density at radius 2 is 1.89 bits per heavy atom. The van der Waals surface area contributed by atoms with Crippen molar-refractivity contribution >= 4 is 21.6 Å². The van der Waals surface area contributed by atoms with Crippen LogP contribution in [0.2, 0.25) is 0 Å². The smallest absolute Gasteiger partial charge is 0.212 e. The Kier molecular flexibility index (Phi) is 6.26. The highest BCUT2D eigenvalue weighted by molar-refractivity contribution is 7.89. The lowest BCUT2D eigenvalue weighted by atomic mass is 9.94. The maximum absolute atomic E-state index is 12.0. The molecule has 1 aromatic rings. The average molecular weight is 306 g/mol. The Hall–Kier alpha value is -0.620. The van der Waals surface area contributed by atoms with Crippen LogP contribution in [0.3, 0.4) is 0 Å². The first-order valence-corrected chi connectivity index (χ1v) is 8.36. The van der Waals surface area contributed by atoms with Crippen LogP contribution in [-0.2, 0) is 15.6 Å². The number of aliphatic hydroxyl groups excluding tert-OH is 1. The fourth-order valence-corrected chi connectivity index (χ4v) is 3.51. The third-order valence-electron chi connectivity index (χ3n) is 2.90. The summed E-state index contributed by atoms with van der Waals surface area (Å²) in [5.74, 6) is 0.466. The molecule has 1 aromatic carbocycles. The molecule has 0 aliphatic rings. The van der Waals surface area contributed by atoms with E-state index in [1.54, 1.807) is 19.1 Å². The summed E-state index contributed by atoms with van der Waals surface area (Å²) >= 11 is 5.53. The number of hydrogen-bond acceptors (Lipinski definition) is 3. The fourth-order valence-electron chi connectivity index (χ4n) is 1.77. The lowest BCUT2D eigenvalue weighted by molar-refractivity contribution is 0.196. The Bertz CT molecular complexity index is 478. The van der Waals surface area contributed by atoms with Gasteiger partial charge in [0.15, 0.2) is 0 Å². The minimum absolute atomic E-state index is 0.0160. The zero-order valence-corrected chi connectivity index (χ0v) is 12.5. The third kappa shape index (κ3) is 5.10. The van der Waals surface area contributed by atoms with Gasteiger partial charge >= 0.3 is 0 Å². The molecule has 108 valence electrons. The van der Waals surface area contributed by atoms with E-state index < -0.39 is 15.6 Å². The van der Waals surface area contributed by atoms with Crippen LogP contribution in [0.15, 0.2) is 30.3 Å². The number of alkyl halides is 1. The molecule has 1 rings (SSSR count). The van der Waals surface area contributed by atoms with Gasteiger partial charge in [0.25, 0.3) is 0 Å². The zero-order chi connectivity index (χ0) is 14.4. The van der Waals surface area contributed by atoms with Crippen LogP contribution in [-0.4, -0.2) is 31.8 Å². The quantitative estimate of drug-likeness (QED) is 0.569. The lowest BCUT2D eigenvalue weighted by Crippen LogP contribution is -2.47. The van der Waals surface area contributed by atoms with Crippen molar-refractivity contribution in [2.75, 3.05) is 18.2 Å². The normalized spacial score (nSPS) is 15.1. The van der Waals surface area contributed by atoms with Crippen molar-refractivity contribution in [1.82, 2.24) is 4.72 Å². The summed E-state index contributed by atoms with van der Waals surface area (Å²) in [6.45, 7) is 1.37. The molecule has 1 atom stereocenters. The Labute approximate surface area is 119 Å². The first-order chi connectivity index (χ1) is 8.93. The fraction of sp³-hybridized carbons (Fsp3) is 0.538. The van der Waals surface area contributed by atoms with Crippen LogP contribution in [0.5, 0.6) is 0 Å². The van der Waals surface area contributed by atoms with Crippen molar-refractivity contribution in [3.63, 3.8) is 0 Å². The molecular weight excluding hydrogens is 286 g/mol. The van der Waals surface area contributed by atoms with E-state index in [1.165, 1.54) is 0 Å². The average Bonchev–Trinajstić information content (AvgIpc) is 2.39. The minimum Gasteiger partial charge on any atom is -0.394 e. The van der Waals surface area contributed by atoms with Crippen molar-refractivity contribution in [2.45, 2.75) is 25.3 Å². The van der Waals surface area contributed by atoms with Gasteiger partial charge in [0, 0.05) is 5.88 Å². The minimum atomic E-state index is -3.44. The van der Waals surface area contributed by atoms with Gasteiger partial charge in [0.05, 0.1) is 17.9 Å². The molecule has 0 radical (unpaired) electrons. The Morgan fingerprint density at radius 1 is 1.26 bits per heavy atom. The van der Waals surface area contributed by atoms with Crippen LogP contribution in [0.25, 0.3) is 0 Å². The zero-order valence-electron chi connectivity index (χ0n) is 11.0. The maximum Gasteiger partial charge on any atom is 0.212 e. The first kappa shape index (κ1) is 16.4. The van der Waals surface area contributed by atoms with E-state index in [-0.39, 0.29) is 12.4 Å². The molecule has 6 heteroatoms. The molecule has 1 unspecified atom stereocenters. The van der Waals surface area contributed by atoms with E-state index in [0.29, 0.717) is 18.7 Å². The third-order valence-corrected chi connectivity index (χ3v) is 4.76. The van der Waals surface area contributed by atoms with Gasteiger partial charge < -0.3 is 5.11 Å². The van der Waals surface area contributed by atoms with Crippen LogP contribution in [0, 0.1) is 0 Å². The summed E-state index contributed by atoms with van der Waals surface area (Å²) in [5, 5.41) is 9.53. The number of unbranched alkanes of at least 4 members (excludes halogenated alkanes) is 1. The van der Waals surface area contributed by atoms with Crippen molar-refractivity contribution < 1.29 is 13.5 Å². The van der Waals surface area contributed by atoms with Crippen LogP contribution in [0.1, 0.15) is 25.3 Å². The topological polar surface area (TPSA) is 66.4 Å². The summed E-state index contributed by atoms with van der Waals surface area (Å²) in [6, 6.07) is 9.04. The Morgan fingerprint density at radius 3 is 2.42 bits per heavy atom. The van der Waals surface area contributed by atoms with Crippen LogP contribution in [0.4, 0.5) is 0 Å². The molecule has 0 aliphatic heterocycles. The van der Waals surface area contributed by atoms with Crippen LogP contribution < -0.4 is 4.72 Å². The summed E-state index contributed by atoms with van der Waals surface area (Å²) in [5.41, 5.74) is -0.264. The van der Waals surface area contributed by atoms with Crippen molar-refractivity contribution in [1.29, 1.82) is 0 Å². The van der Waals surface area contributed by atoms with E-state index in [0.717, 1.165) is 5.56 Å². The van der Waals surface area contributed by atoms with E-state index >= 15 is 0 Å². The van der Waals surface area contributed by atoms with Gasteiger partial charge in [0.1, 0.15) is 0 Å². The molecule has 0 bridgehead atoms. The summed E-state index contributed by atoms with van der Waals surface area (Å²) in [4.78, 5) is 0. The Balaban J connectivity index is 2.81. The number of hydrogen-bond donors (Lipinski definition) is 2. The van der Waals surface area contributed by atoms with Gasteiger partial charge in [-0.2, -0.15) is 0 Å². The van der Waals surface area contributed by atoms with Crippen LogP contribution >= 0.6 is 11.6 Å². The summed E-state index contributed by atoms with van der Waals surface area (Å²) in [6.07, 6.45) is 1.17. The molecular formula is C13H20ClNO3S. The number of benzene rings is 1. The van der Waals surface area contributed by atoms with Gasteiger partial charge in [0.2, 0.25) is 10.0 Å². The van der Waals surface area contributed by atoms with Gasteiger partial charge in [-0.15, -0.1) is 11.6 Å². The van der Waals surface area contributed by atoms with Gasteiger partial charge in [-0.05, 0) is 25.3 Å². The molecule has 2 N–H and O–H groups in total. The van der Waals surface area contributed by atoms with E-state index in [2.05, 4.69) is 4.72 Å². The predicted molar refractivity (Wildman–Crippen MR) is 77.8 cm³/mol. The second kappa shape index (κ2) is 7.24. The molecule has 0 amide bonds. The lowest BCUT2D eigenvalue weighted by Gasteiger charge is -2.29. The largest absolute Gasteiger partial charge is 0.394 e. The van der Waals surface area contributed by atoms with Gasteiger partial charge in [-0.25, -0.2) is 13.1 Å². The van der Waals surface area contributed by atoms with E-state index in [9.17, 15) is 13.5 Å². The van der Waals surface area contributed by atoms with Crippen molar-refractivity contribution in [2.24, 2.45) is 0 Å². The molecule has 0 heterocycles. The van der Waals surface area contributed by atoms with Crippen molar-refractivity contribution in [3.05, 3.63) is 35.9 Å². The summed E-state index contributed by atoms with van der Waals surface area (Å²) < 4.78 is 26.5. The molecule has 0 fully saturated rings. The molecule has 0 aliphatic carbocycles. The predicted octanol–water partition coefficient (Wildman–Crippen LogP) is 1.83.